The number of ketones is 1. The van der Waals surface area contributed by atoms with E-state index in [0.29, 0.717) is 34.8 Å². The molecule has 1 aromatic rings. The largest absolute Gasteiger partial charge is 0.457 e. The molecule has 4 saturated carbocycles. The first kappa shape index (κ1) is 19.4. The second-order valence-corrected chi connectivity index (χ2v) is 9.36. The van der Waals surface area contributed by atoms with Crippen LogP contribution in [0.25, 0.3) is 0 Å². The molecule has 7 nitrogen and oxygen atoms in total. The molecular formula is C23H27NO6. The van der Waals surface area contributed by atoms with Gasteiger partial charge in [-0.15, -0.1) is 0 Å². The minimum absolute atomic E-state index is 0.0620. The maximum atomic E-state index is 12.9. The number of carbonyl (C=O) groups is 3. The van der Waals surface area contributed by atoms with Crippen LogP contribution in [0.1, 0.15) is 55.3 Å². The monoisotopic (exact) mass is 413 g/mol. The van der Waals surface area contributed by atoms with Crippen molar-refractivity contribution in [3.05, 3.63) is 23.8 Å². The molecule has 0 saturated heterocycles. The summed E-state index contributed by atoms with van der Waals surface area (Å²) in [6, 6.07) is 4.87. The first-order chi connectivity index (χ1) is 14.5. The van der Waals surface area contributed by atoms with Gasteiger partial charge in [0.15, 0.2) is 23.9 Å². The Balaban J connectivity index is 1.06. The molecule has 0 radical (unpaired) electrons. The average Bonchev–Trinajstić information content (AvgIpc) is 3.19. The average molecular weight is 413 g/mol. The van der Waals surface area contributed by atoms with E-state index in [1.807, 2.05) is 0 Å². The van der Waals surface area contributed by atoms with E-state index in [9.17, 15) is 14.4 Å². The van der Waals surface area contributed by atoms with Crippen molar-refractivity contribution in [2.75, 3.05) is 19.9 Å². The molecule has 1 aromatic carbocycles. The lowest BCUT2D eigenvalue weighted by molar-refractivity contribution is -0.147. The van der Waals surface area contributed by atoms with E-state index >= 15 is 0 Å². The zero-order valence-electron chi connectivity index (χ0n) is 17.0. The van der Waals surface area contributed by atoms with Gasteiger partial charge in [-0.25, -0.2) is 0 Å². The lowest BCUT2D eigenvalue weighted by Gasteiger charge is -2.55. The van der Waals surface area contributed by atoms with Gasteiger partial charge in [-0.2, -0.15) is 0 Å². The Morgan fingerprint density at radius 1 is 1.00 bits per heavy atom. The van der Waals surface area contributed by atoms with Crippen LogP contribution in [0.4, 0.5) is 0 Å². The summed E-state index contributed by atoms with van der Waals surface area (Å²) in [5, 5.41) is 2.96. The lowest BCUT2D eigenvalue weighted by Crippen LogP contribution is -2.53. The lowest BCUT2D eigenvalue weighted by atomic mass is 9.49. The van der Waals surface area contributed by atoms with Crippen molar-refractivity contribution < 1.29 is 28.6 Å². The molecule has 1 aliphatic heterocycles. The van der Waals surface area contributed by atoms with Crippen LogP contribution in [0.2, 0.25) is 0 Å². The fourth-order valence-corrected chi connectivity index (χ4v) is 6.23. The fourth-order valence-electron chi connectivity index (χ4n) is 6.23. The quantitative estimate of drug-likeness (QED) is 0.546. The molecule has 1 heterocycles. The fraction of sp³-hybridized carbons (Fsp3) is 0.609. The molecule has 0 spiro atoms. The molecule has 30 heavy (non-hydrogen) atoms. The Morgan fingerprint density at radius 2 is 1.67 bits per heavy atom. The van der Waals surface area contributed by atoms with Gasteiger partial charge in [-0.05, 0) is 74.5 Å². The van der Waals surface area contributed by atoms with Crippen molar-refractivity contribution >= 4 is 17.7 Å². The predicted molar refractivity (Wildman–Crippen MR) is 106 cm³/mol. The smallest absolute Gasteiger partial charge is 0.308 e. The highest BCUT2D eigenvalue weighted by molar-refractivity contribution is 5.98. The van der Waals surface area contributed by atoms with Gasteiger partial charge in [0.2, 0.25) is 12.7 Å². The van der Waals surface area contributed by atoms with Gasteiger partial charge >= 0.3 is 5.97 Å². The number of hydrogen-bond donors (Lipinski definition) is 1. The van der Waals surface area contributed by atoms with Gasteiger partial charge in [-0.3, -0.25) is 14.4 Å². The number of rotatable bonds is 7. The molecule has 0 aromatic heterocycles. The SMILES string of the molecule is O=C(CCNC(=O)C12CC3CC(CC(C3)C1)C2)OCC(=O)c1ccc2c(c1)OCO2. The van der Waals surface area contributed by atoms with Crippen molar-refractivity contribution in [3.63, 3.8) is 0 Å². The van der Waals surface area contributed by atoms with Crippen LogP contribution in [0, 0.1) is 23.2 Å². The van der Waals surface area contributed by atoms with E-state index in [1.54, 1.807) is 18.2 Å². The molecule has 6 rings (SSSR count). The van der Waals surface area contributed by atoms with Gasteiger partial charge in [0, 0.05) is 17.5 Å². The minimum Gasteiger partial charge on any atom is -0.457 e. The molecule has 160 valence electrons. The van der Waals surface area contributed by atoms with Gasteiger partial charge < -0.3 is 19.5 Å². The number of Topliss-reactive ketones (excluding diaryl/α,β-unsaturated/α-hetero) is 1. The Morgan fingerprint density at radius 3 is 2.37 bits per heavy atom. The first-order valence-electron chi connectivity index (χ1n) is 10.9. The molecule has 4 bridgehead atoms. The van der Waals surface area contributed by atoms with E-state index in [1.165, 1.54) is 19.3 Å². The Labute approximate surface area is 175 Å². The van der Waals surface area contributed by atoms with Gasteiger partial charge in [-0.1, -0.05) is 0 Å². The van der Waals surface area contributed by atoms with Crippen LogP contribution < -0.4 is 14.8 Å². The molecular weight excluding hydrogens is 386 g/mol. The first-order valence-corrected chi connectivity index (χ1v) is 10.9. The van der Waals surface area contributed by atoms with Crippen LogP contribution in [-0.4, -0.2) is 37.6 Å². The Kier molecular flexibility index (Phi) is 4.91. The number of carbonyl (C=O) groups excluding carboxylic acids is 3. The zero-order chi connectivity index (χ0) is 20.7. The maximum absolute atomic E-state index is 12.9. The summed E-state index contributed by atoms with van der Waals surface area (Å²) in [5.41, 5.74) is 0.190. The molecule has 4 fully saturated rings. The summed E-state index contributed by atoms with van der Waals surface area (Å²) in [6.45, 7) is 0.0516. The number of esters is 1. The summed E-state index contributed by atoms with van der Waals surface area (Å²) in [5.74, 6) is 2.52. The van der Waals surface area contributed by atoms with E-state index in [2.05, 4.69) is 5.32 Å². The number of amides is 1. The summed E-state index contributed by atoms with van der Waals surface area (Å²) < 4.78 is 15.6. The van der Waals surface area contributed by atoms with Gasteiger partial charge in [0.05, 0.1) is 6.42 Å². The van der Waals surface area contributed by atoms with Crippen LogP contribution >= 0.6 is 0 Å². The molecule has 0 unspecified atom stereocenters. The number of ether oxygens (including phenoxy) is 3. The van der Waals surface area contributed by atoms with Crippen LogP contribution in [0.15, 0.2) is 18.2 Å². The van der Waals surface area contributed by atoms with Crippen molar-refractivity contribution in [2.45, 2.75) is 44.9 Å². The topological polar surface area (TPSA) is 90.9 Å². The van der Waals surface area contributed by atoms with Crippen molar-refractivity contribution in [2.24, 2.45) is 23.2 Å². The van der Waals surface area contributed by atoms with Crippen LogP contribution in [-0.2, 0) is 14.3 Å². The van der Waals surface area contributed by atoms with E-state index in [-0.39, 0.29) is 43.5 Å². The minimum atomic E-state index is -0.491. The highest BCUT2D eigenvalue weighted by Gasteiger charge is 2.54. The van der Waals surface area contributed by atoms with Crippen molar-refractivity contribution in [1.82, 2.24) is 5.32 Å². The third-order valence-corrected chi connectivity index (χ3v) is 7.19. The summed E-state index contributed by atoms with van der Waals surface area (Å²) in [4.78, 5) is 37.2. The number of fused-ring (bicyclic) bond motifs is 1. The third-order valence-electron chi connectivity index (χ3n) is 7.19. The highest BCUT2D eigenvalue weighted by Crippen LogP contribution is 2.60. The Hall–Kier alpha value is -2.57. The van der Waals surface area contributed by atoms with Crippen molar-refractivity contribution in [1.29, 1.82) is 0 Å². The summed E-state index contributed by atoms with van der Waals surface area (Å²) in [6.07, 6.45) is 6.92. The zero-order valence-corrected chi connectivity index (χ0v) is 17.0. The molecule has 1 amide bonds. The maximum Gasteiger partial charge on any atom is 0.308 e. The van der Waals surface area contributed by atoms with E-state index in [0.717, 1.165) is 19.3 Å². The van der Waals surface area contributed by atoms with Crippen molar-refractivity contribution in [3.8, 4) is 11.5 Å². The normalized spacial score (nSPS) is 30.2. The highest BCUT2D eigenvalue weighted by atomic mass is 16.7. The molecule has 7 heteroatoms. The standard InChI is InChI=1S/C23H27NO6/c25-18(17-1-2-19-20(8-17)30-13-29-19)12-28-21(26)3-4-24-22(27)23-9-14-5-15(10-23)7-16(6-14)11-23/h1-2,8,14-16H,3-7,9-13H2,(H,24,27). The molecule has 0 atom stereocenters. The number of nitrogens with one attached hydrogen (secondary N) is 1. The molecule has 5 aliphatic rings. The summed E-state index contributed by atoms with van der Waals surface area (Å²) >= 11 is 0. The number of benzene rings is 1. The van der Waals surface area contributed by atoms with Gasteiger partial charge in [0.1, 0.15) is 0 Å². The Bertz CT molecular complexity index is 843. The van der Waals surface area contributed by atoms with Gasteiger partial charge in [0.25, 0.3) is 0 Å². The van der Waals surface area contributed by atoms with Crippen LogP contribution in [0.5, 0.6) is 11.5 Å². The van der Waals surface area contributed by atoms with E-state index < -0.39 is 5.97 Å². The number of hydrogen-bond acceptors (Lipinski definition) is 6. The predicted octanol–water partition coefficient (Wildman–Crippen LogP) is 2.86. The summed E-state index contributed by atoms with van der Waals surface area (Å²) in [7, 11) is 0. The third kappa shape index (κ3) is 3.66. The van der Waals surface area contributed by atoms with E-state index in [4.69, 9.17) is 14.2 Å². The second kappa shape index (κ2) is 7.60. The second-order valence-electron chi connectivity index (χ2n) is 9.36. The molecule has 4 aliphatic carbocycles. The van der Waals surface area contributed by atoms with Crippen LogP contribution in [0.3, 0.4) is 0 Å². The molecule has 1 N–H and O–H groups in total.